The molecule has 0 radical (unpaired) electrons. The van der Waals surface area contributed by atoms with Gasteiger partial charge in [-0.25, -0.2) is 0 Å². The van der Waals surface area contributed by atoms with Crippen LogP contribution in [0.25, 0.3) is 76.5 Å². The van der Waals surface area contributed by atoms with E-state index in [2.05, 4.69) is 149 Å². The molecule has 0 aliphatic carbocycles. The van der Waals surface area contributed by atoms with Crippen LogP contribution in [0.2, 0.25) is 0 Å². The van der Waals surface area contributed by atoms with Crippen LogP contribution in [0.15, 0.2) is 140 Å². The van der Waals surface area contributed by atoms with Gasteiger partial charge in [-0.2, -0.15) is 5.26 Å². The Hall–Kier alpha value is -5.85. The predicted octanol–water partition coefficient (Wildman–Crippen LogP) is 10.1. The fraction of sp³-hybridized carbons (Fsp3) is 0. The quantitative estimate of drug-likeness (QED) is 0.218. The molecule has 0 bridgehead atoms. The van der Waals surface area contributed by atoms with Crippen molar-refractivity contribution in [1.29, 1.82) is 5.26 Å². The summed E-state index contributed by atoms with van der Waals surface area (Å²) < 4.78 is 4.54. The zero-order valence-corrected chi connectivity index (χ0v) is 22.6. The second kappa shape index (κ2) is 8.57. The van der Waals surface area contributed by atoms with E-state index in [-0.39, 0.29) is 0 Å². The molecule has 2 heterocycles. The number of aromatic nitrogens is 2. The molecule has 0 unspecified atom stereocenters. The van der Waals surface area contributed by atoms with Gasteiger partial charge in [-0.1, -0.05) is 97.1 Å². The molecule has 9 rings (SSSR count). The largest absolute Gasteiger partial charge is 0.309 e. The van der Waals surface area contributed by atoms with E-state index in [0.717, 1.165) is 33.4 Å². The highest BCUT2D eigenvalue weighted by atomic mass is 15.0. The van der Waals surface area contributed by atoms with Gasteiger partial charge in [0, 0.05) is 27.2 Å². The summed E-state index contributed by atoms with van der Waals surface area (Å²) in [5.41, 5.74) is 6.95. The van der Waals surface area contributed by atoms with Crippen molar-refractivity contribution >= 4 is 65.2 Å². The predicted molar refractivity (Wildman–Crippen MR) is 175 cm³/mol. The Labute approximate surface area is 241 Å². The first-order valence-electron chi connectivity index (χ1n) is 14.2. The smallest absolute Gasteiger partial charge is 0.101 e. The summed E-state index contributed by atoms with van der Waals surface area (Å²) in [5, 5.41) is 20.3. The summed E-state index contributed by atoms with van der Waals surface area (Å²) in [6.07, 6.45) is 0. The summed E-state index contributed by atoms with van der Waals surface area (Å²) in [6, 6.07) is 51.7. The third-order valence-electron chi connectivity index (χ3n) is 8.73. The number of hydrogen-bond donors (Lipinski definition) is 0. The van der Waals surface area contributed by atoms with E-state index in [0.29, 0.717) is 5.56 Å². The van der Waals surface area contributed by atoms with E-state index in [9.17, 15) is 5.26 Å². The second-order valence-electron chi connectivity index (χ2n) is 10.9. The molecule has 0 amide bonds. The third kappa shape index (κ3) is 3.04. The highest BCUT2D eigenvalue weighted by molar-refractivity contribution is 6.28. The molecule has 0 saturated carbocycles. The molecule has 194 valence electrons. The van der Waals surface area contributed by atoms with E-state index in [1.165, 1.54) is 43.1 Å². The highest BCUT2D eigenvalue weighted by Crippen LogP contribution is 2.41. The zero-order chi connectivity index (χ0) is 27.8. The minimum Gasteiger partial charge on any atom is -0.309 e. The lowest BCUT2D eigenvalue weighted by atomic mass is 10.00. The van der Waals surface area contributed by atoms with E-state index in [1.54, 1.807) is 0 Å². The van der Waals surface area contributed by atoms with Gasteiger partial charge in [0.25, 0.3) is 0 Å². The van der Waals surface area contributed by atoms with Crippen molar-refractivity contribution in [3.05, 3.63) is 145 Å². The Balaban J connectivity index is 1.38. The fourth-order valence-corrected chi connectivity index (χ4v) is 6.96. The number of fused-ring (bicyclic) bond motifs is 10. The normalized spacial score (nSPS) is 11.8. The van der Waals surface area contributed by atoms with E-state index < -0.39 is 0 Å². The number of benzene rings is 7. The third-order valence-corrected chi connectivity index (χ3v) is 8.73. The van der Waals surface area contributed by atoms with Crippen molar-refractivity contribution in [3.63, 3.8) is 0 Å². The summed E-state index contributed by atoms with van der Waals surface area (Å²) in [6.45, 7) is 0. The average Bonchev–Trinajstić information content (AvgIpc) is 3.58. The van der Waals surface area contributed by atoms with Gasteiger partial charge in [0.2, 0.25) is 0 Å². The molecule has 9 aromatic rings. The Morgan fingerprint density at radius 1 is 0.429 bits per heavy atom. The maximum atomic E-state index is 10.5. The Kier molecular flexibility index (Phi) is 4.68. The van der Waals surface area contributed by atoms with Crippen LogP contribution in [0.4, 0.5) is 0 Å². The van der Waals surface area contributed by atoms with E-state index in [1.807, 2.05) is 6.07 Å². The Morgan fingerprint density at radius 2 is 0.929 bits per heavy atom. The maximum Gasteiger partial charge on any atom is 0.101 e. The minimum absolute atomic E-state index is 0.635. The van der Waals surface area contributed by atoms with Crippen LogP contribution >= 0.6 is 0 Å². The van der Waals surface area contributed by atoms with Gasteiger partial charge in [0.05, 0.1) is 33.3 Å². The van der Waals surface area contributed by atoms with E-state index >= 15 is 0 Å². The standard InChI is InChI=1S/C39H23N3/c40-24-27-23-28(19-22-33(27)42-34-15-7-5-13-31(34)32-14-6-8-16-35(32)42)41-36-20-17-25-9-1-3-11-29(25)38(36)39-30-12-4-2-10-26(30)18-21-37(39)41/h1-23H. The van der Waals surface area contributed by atoms with Gasteiger partial charge in [0.1, 0.15) is 6.07 Å². The summed E-state index contributed by atoms with van der Waals surface area (Å²) in [7, 11) is 0. The number of nitrogens with zero attached hydrogens (tertiary/aromatic N) is 3. The molecule has 2 aromatic heterocycles. The second-order valence-corrected chi connectivity index (χ2v) is 10.9. The van der Waals surface area contributed by atoms with Gasteiger partial charge < -0.3 is 9.13 Å². The van der Waals surface area contributed by atoms with E-state index in [4.69, 9.17) is 0 Å². The lowest BCUT2D eigenvalue weighted by Gasteiger charge is -2.14. The van der Waals surface area contributed by atoms with Crippen molar-refractivity contribution in [2.24, 2.45) is 0 Å². The molecule has 0 aliphatic heterocycles. The molecule has 3 nitrogen and oxygen atoms in total. The van der Waals surface area contributed by atoms with Crippen LogP contribution in [0.1, 0.15) is 5.56 Å². The van der Waals surface area contributed by atoms with Crippen molar-refractivity contribution in [3.8, 4) is 17.4 Å². The van der Waals surface area contributed by atoms with Crippen molar-refractivity contribution in [2.45, 2.75) is 0 Å². The molecule has 0 spiro atoms. The van der Waals surface area contributed by atoms with Crippen LogP contribution in [-0.2, 0) is 0 Å². The lowest BCUT2D eigenvalue weighted by Crippen LogP contribution is -2.01. The minimum atomic E-state index is 0.635. The first kappa shape index (κ1) is 22.9. The van der Waals surface area contributed by atoms with Crippen LogP contribution < -0.4 is 0 Å². The van der Waals surface area contributed by atoms with Gasteiger partial charge >= 0.3 is 0 Å². The fourth-order valence-electron chi connectivity index (χ4n) is 6.96. The van der Waals surface area contributed by atoms with Crippen LogP contribution in [-0.4, -0.2) is 9.13 Å². The molecule has 7 aromatic carbocycles. The molecule has 42 heavy (non-hydrogen) atoms. The van der Waals surface area contributed by atoms with Gasteiger partial charge in [-0.05, 0) is 64.0 Å². The average molecular weight is 534 g/mol. The highest BCUT2D eigenvalue weighted by Gasteiger charge is 2.19. The van der Waals surface area contributed by atoms with Gasteiger partial charge in [0.15, 0.2) is 0 Å². The summed E-state index contributed by atoms with van der Waals surface area (Å²) in [4.78, 5) is 0. The van der Waals surface area contributed by atoms with Crippen molar-refractivity contribution < 1.29 is 0 Å². The molecule has 0 N–H and O–H groups in total. The van der Waals surface area contributed by atoms with Gasteiger partial charge in [-0.15, -0.1) is 0 Å². The Bertz CT molecular complexity index is 2440. The number of hydrogen-bond acceptors (Lipinski definition) is 1. The molecule has 0 atom stereocenters. The number of nitriles is 1. The molecule has 0 aliphatic rings. The molecule has 3 heteroatoms. The zero-order valence-electron chi connectivity index (χ0n) is 22.6. The van der Waals surface area contributed by atoms with Crippen LogP contribution in [0.5, 0.6) is 0 Å². The van der Waals surface area contributed by atoms with Crippen LogP contribution in [0.3, 0.4) is 0 Å². The Morgan fingerprint density at radius 3 is 1.48 bits per heavy atom. The summed E-state index contributed by atoms with van der Waals surface area (Å²) in [5.74, 6) is 0. The first-order chi connectivity index (χ1) is 20.8. The number of para-hydroxylation sites is 2. The maximum absolute atomic E-state index is 10.5. The van der Waals surface area contributed by atoms with Crippen LogP contribution in [0, 0.1) is 11.3 Å². The molecule has 0 fully saturated rings. The molecular formula is C39H23N3. The van der Waals surface area contributed by atoms with Crippen molar-refractivity contribution in [2.75, 3.05) is 0 Å². The topological polar surface area (TPSA) is 33.6 Å². The molecular weight excluding hydrogens is 510 g/mol. The first-order valence-corrected chi connectivity index (χ1v) is 14.2. The number of rotatable bonds is 2. The summed E-state index contributed by atoms with van der Waals surface area (Å²) >= 11 is 0. The lowest BCUT2D eigenvalue weighted by molar-refractivity contribution is 1.13. The monoisotopic (exact) mass is 533 g/mol. The molecule has 0 saturated heterocycles. The SMILES string of the molecule is N#Cc1cc(-n2c3ccc4ccccc4c3c3c4ccccc4ccc32)ccc1-n1c2ccccc2c2ccccc21. The van der Waals surface area contributed by atoms with Crippen molar-refractivity contribution in [1.82, 2.24) is 9.13 Å². The van der Waals surface area contributed by atoms with Gasteiger partial charge in [-0.3, -0.25) is 0 Å².